The fraction of sp³-hybridized carbons (Fsp3) is 0. The van der Waals surface area contributed by atoms with Gasteiger partial charge in [-0.15, -0.1) is 0 Å². The molecule has 2 aliphatic rings. The molecule has 0 bridgehead atoms. The van der Waals surface area contributed by atoms with Gasteiger partial charge >= 0.3 is 96.9 Å². The first-order chi connectivity index (χ1) is 7.79. The Bertz CT molecular complexity index is 501. The Labute approximate surface area is 97.2 Å². The first-order valence-electron chi connectivity index (χ1n) is 4.84. The van der Waals surface area contributed by atoms with Crippen LogP contribution in [0.3, 0.4) is 0 Å². The maximum absolute atomic E-state index is 12.1. The Balaban J connectivity index is 2.08. The number of nitrogens with zero attached hydrogens (tertiary/aromatic N) is 1. The third-order valence-corrected chi connectivity index (χ3v) is 5.92. The number of rotatable bonds is 1. The number of amides is 2. The molecule has 3 rings (SSSR count). The summed E-state index contributed by atoms with van der Waals surface area (Å²) >= 11 is -1.52. The topological polar surface area (TPSA) is 37.4 Å². The van der Waals surface area contributed by atoms with E-state index in [1.807, 2.05) is 22.1 Å². The van der Waals surface area contributed by atoms with Crippen molar-refractivity contribution in [3.8, 4) is 0 Å². The van der Waals surface area contributed by atoms with Crippen molar-refractivity contribution in [3.63, 3.8) is 0 Å². The van der Waals surface area contributed by atoms with Gasteiger partial charge in [-0.25, -0.2) is 0 Å². The van der Waals surface area contributed by atoms with Crippen molar-refractivity contribution in [2.45, 2.75) is 0 Å². The summed E-state index contributed by atoms with van der Waals surface area (Å²) < 4.78 is 1.42. The fourth-order valence-corrected chi connectivity index (χ4v) is 4.75. The van der Waals surface area contributed by atoms with Gasteiger partial charge in [-0.3, -0.25) is 0 Å². The minimum atomic E-state index is -1.52. The van der Waals surface area contributed by atoms with Crippen molar-refractivity contribution < 1.29 is 9.59 Å². The second-order valence-corrected chi connectivity index (χ2v) is 6.82. The molecule has 0 aliphatic carbocycles. The van der Waals surface area contributed by atoms with E-state index in [-0.39, 0.29) is 11.8 Å². The molecule has 79 valence electrons. The van der Waals surface area contributed by atoms with Gasteiger partial charge in [0.25, 0.3) is 0 Å². The van der Waals surface area contributed by atoms with Crippen LogP contribution >= 0.6 is 0 Å². The summed E-state index contributed by atoms with van der Waals surface area (Å²) in [5.74, 6) is -0.302. The van der Waals surface area contributed by atoms with Crippen LogP contribution in [0.2, 0.25) is 0 Å². The summed E-state index contributed by atoms with van der Waals surface area (Å²) in [6.45, 7) is 0. The predicted molar refractivity (Wildman–Crippen MR) is 61.0 cm³/mol. The van der Waals surface area contributed by atoms with E-state index in [4.69, 9.17) is 0 Å². The molecule has 0 N–H and O–H groups in total. The zero-order valence-corrected chi connectivity index (χ0v) is 10.0. The molecule has 1 radical (unpaired) electrons. The van der Waals surface area contributed by atoms with E-state index >= 15 is 0 Å². The molecule has 1 aromatic rings. The third-order valence-electron chi connectivity index (χ3n) is 2.51. The van der Waals surface area contributed by atoms with Gasteiger partial charge in [0.2, 0.25) is 0 Å². The standard InChI is InChI=1S/C12H8NO2Se/c14-11-9-5-1-2-6-10(9)12(15)13(11)16-7-3-4-8-16/h1-8H. The summed E-state index contributed by atoms with van der Waals surface area (Å²) in [5, 5.41) is 0. The number of hydrogen-bond acceptors (Lipinski definition) is 2. The van der Waals surface area contributed by atoms with Gasteiger partial charge in [0.15, 0.2) is 0 Å². The third kappa shape index (κ3) is 1.21. The quantitative estimate of drug-likeness (QED) is 0.576. The molecule has 0 saturated carbocycles. The Hall–Kier alpha value is -1.64. The second-order valence-electron chi connectivity index (χ2n) is 3.45. The Morgan fingerprint density at radius 2 is 1.38 bits per heavy atom. The van der Waals surface area contributed by atoms with Crippen molar-refractivity contribution in [1.82, 2.24) is 3.92 Å². The van der Waals surface area contributed by atoms with Crippen molar-refractivity contribution in [1.29, 1.82) is 0 Å². The van der Waals surface area contributed by atoms with E-state index in [1.165, 1.54) is 3.92 Å². The molecule has 2 heterocycles. The zero-order chi connectivity index (χ0) is 11.1. The molecular formula is C12H8NO2Se. The van der Waals surface area contributed by atoms with Gasteiger partial charge < -0.3 is 0 Å². The van der Waals surface area contributed by atoms with Crippen molar-refractivity contribution in [2.24, 2.45) is 0 Å². The summed E-state index contributed by atoms with van der Waals surface area (Å²) in [5.41, 5.74) is 1.06. The molecule has 0 aromatic heterocycles. The molecule has 0 fully saturated rings. The van der Waals surface area contributed by atoms with Gasteiger partial charge in [-0.2, -0.15) is 0 Å². The SMILES string of the molecule is O=C1c2ccccc2C(=O)N1[Se]1C=CC=C1. The van der Waals surface area contributed by atoms with Crippen LogP contribution in [0.1, 0.15) is 20.7 Å². The summed E-state index contributed by atoms with van der Waals surface area (Å²) in [6, 6.07) is 7.00. The molecule has 0 atom stereocenters. The van der Waals surface area contributed by atoms with Crippen LogP contribution in [0.25, 0.3) is 0 Å². The molecule has 0 spiro atoms. The average Bonchev–Trinajstić information content (AvgIpc) is 2.89. The number of fused-ring (bicyclic) bond motifs is 1. The molecule has 4 heteroatoms. The van der Waals surface area contributed by atoms with Gasteiger partial charge in [-0.05, 0) is 0 Å². The van der Waals surface area contributed by atoms with Crippen LogP contribution in [0, 0.1) is 0 Å². The van der Waals surface area contributed by atoms with Crippen LogP contribution in [-0.4, -0.2) is 29.8 Å². The van der Waals surface area contributed by atoms with E-state index in [2.05, 4.69) is 0 Å². The van der Waals surface area contributed by atoms with Crippen LogP contribution in [0.15, 0.2) is 46.4 Å². The van der Waals surface area contributed by atoms with Gasteiger partial charge in [0, 0.05) is 0 Å². The normalized spacial score (nSPS) is 18.6. The maximum atomic E-state index is 12.1. The first-order valence-corrected chi connectivity index (χ1v) is 7.58. The monoisotopic (exact) mass is 278 g/mol. The average molecular weight is 277 g/mol. The number of benzene rings is 1. The molecular weight excluding hydrogens is 269 g/mol. The van der Waals surface area contributed by atoms with Gasteiger partial charge in [-0.1, -0.05) is 0 Å². The van der Waals surface area contributed by atoms with Gasteiger partial charge in [0.05, 0.1) is 0 Å². The van der Waals surface area contributed by atoms with E-state index in [0.29, 0.717) is 11.1 Å². The number of carbonyl (C=O) groups is 2. The van der Waals surface area contributed by atoms with Crippen LogP contribution < -0.4 is 0 Å². The second kappa shape index (κ2) is 3.44. The predicted octanol–water partition coefficient (Wildman–Crippen LogP) is 1.48. The van der Waals surface area contributed by atoms with Crippen molar-refractivity contribution in [2.75, 3.05) is 0 Å². The first kappa shape index (κ1) is 9.58. The fourth-order valence-electron chi connectivity index (χ4n) is 1.78. The minimum absolute atomic E-state index is 0.151. The molecule has 16 heavy (non-hydrogen) atoms. The van der Waals surface area contributed by atoms with Crippen molar-refractivity contribution in [3.05, 3.63) is 57.5 Å². The molecule has 1 aromatic carbocycles. The zero-order valence-electron chi connectivity index (χ0n) is 8.29. The Morgan fingerprint density at radius 3 is 1.88 bits per heavy atom. The molecule has 3 nitrogen and oxygen atoms in total. The van der Waals surface area contributed by atoms with Gasteiger partial charge in [0.1, 0.15) is 0 Å². The summed E-state index contributed by atoms with van der Waals surface area (Å²) in [7, 11) is 0. The number of hydrogen-bond donors (Lipinski definition) is 0. The molecule has 2 aliphatic heterocycles. The summed E-state index contributed by atoms with van der Waals surface area (Å²) in [4.78, 5) is 28.0. The Kier molecular flexibility index (Phi) is 2.06. The van der Waals surface area contributed by atoms with E-state index in [1.54, 1.807) is 24.3 Å². The van der Waals surface area contributed by atoms with E-state index in [9.17, 15) is 9.59 Å². The molecule has 0 unspecified atom stereocenters. The molecule has 0 saturated heterocycles. The number of imide groups is 1. The molecule has 2 amide bonds. The van der Waals surface area contributed by atoms with E-state index in [0.717, 1.165) is 0 Å². The van der Waals surface area contributed by atoms with E-state index < -0.39 is 14.1 Å². The number of allylic oxidation sites excluding steroid dienone is 2. The van der Waals surface area contributed by atoms with Crippen LogP contribution in [0.5, 0.6) is 0 Å². The van der Waals surface area contributed by atoms with Crippen LogP contribution in [-0.2, 0) is 0 Å². The Morgan fingerprint density at radius 1 is 0.875 bits per heavy atom. The summed E-state index contributed by atoms with van der Waals surface area (Å²) in [6.07, 6.45) is 3.79. The number of carbonyl (C=O) groups excluding carboxylic acids is 2. The van der Waals surface area contributed by atoms with Crippen LogP contribution in [0.4, 0.5) is 0 Å². The van der Waals surface area contributed by atoms with Crippen molar-refractivity contribution >= 4 is 25.9 Å².